The number of carbonyl (C=O) groups excluding carboxylic acids is 1. The van der Waals surface area contributed by atoms with Gasteiger partial charge in [-0.2, -0.15) is 5.10 Å². The molecule has 2 heterocycles. The van der Waals surface area contributed by atoms with E-state index in [9.17, 15) is 4.79 Å². The zero-order chi connectivity index (χ0) is 11.7. The van der Waals surface area contributed by atoms with Gasteiger partial charge in [0.2, 0.25) is 0 Å². The highest BCUT2D eigenvalue weighted by atomic mass is 35.5. The Morgan fingerprint density at radius 3 is 3.06 bits per heavy atom. The van der Waals surface area contributed by atoms with Crippen LogP contribution in [-0.4, -0.2) is 20.4 Å². The van der Waals surface area contributed by atoms with E-state index in [1.54, 1.807) is 23.0 Å². The quantitative estimate of drug-likeness (QED) is 0.768. The Balaban J connectivity index is 2.48. The van der Waals surface area contributed by atoms with E-state index in [2.05, 4.69) is 16.7 Å². The van der Waals surface area contributed by atoms with Gasteiger partial charge >= 0.3 is 0 Å². The third-order valence-corrected chi connectivity index (χ3v) is 2.39. The lowest BCUT2D eigenvalue weighted by atomic mass is 10.1. The van der Waals surface area contributed by atoms with Crippen LogP contribution < -0.4 is 0 Å². The Morgan fingerprint density at radius 2 is 2.38 bits per heavy atom. The van der Waals surface area contributed by atoms with Gasteiger partial charge in [-0.05, 0) is 18.6 Å². The molecule has 0 amide bonds. The third kappa shape index (κ3) is 1.97. The monoisotopic (exact) mass is 235 g/mol. The van der Waals surface area contributed by atoms with E-state index in [0.29, 0.717) is 22.8 Å². The highest BCUT2D eigenvalue weighted by Crippen LogP contribution is 2.21. The summed E-state index contributed by atoms with van der Waals surface area (Å²) >= 11 is 5.81. The van der Waals surface area contributed by atoms with Crippen LogP contribution in [0.1, 0.15) is 18.9 Å². The summed E-state index contributed by atoms with van der Waals surface area (Å²) in [5.41, 5.74) is 2.09. The lowest BCUT2D eigenvalue weighted by Crippen LogP contribution is -1.94. The summed E-state index contributed by atoms with van der Waals surface area (Å²) in [6, 6.07) is 1.65. The second-order valence-electron chi connectivity index (χ2n) is 3.56. The fourth-order valence-electron chi connectivity index (χ4n) is 1.49. The highest BCUT2D eigenvalue weighted by Gasteiger charge is 2.10. The predicted molar refractivity (Wildman–Crippen MR) is 62.3 cm³/mol. The maximum absolute atomic E-state index is 11.0. The first kappa shape index (κ1) is 10.8. The summed E-state index contributed by atoms with van der Waals surface area (Å²) in [4.78, 5) is 15.2. The molecule has 0 fully saturated rings. The third-order valence-electron chi connectivity index (χ3n) is 2.18. The van der Waals surface area contributed by atoms with Gasteiger partial charge in [-0.1, -0.05) is 18.2 Å². The molecule has 16 heavy (non-hydrogen) atoms. The van der Waals surface area contributed by atoms with Gasteiger partial charge in [0.05, 0.1) is 6.20 Å². The van der Waals surface area contributed by atoms with Crippen LogP contribution in [0.5, 0.6) is 0 Å². The SMILES string of the molecule is C=C(CC(C)=O)c1cnn2ccc(Cl)nc12. The largest absolute Gasteiger partial charge is 0.300 e. The van der Waals surface area contributed by atoms with Crippen molar-refractivity contribution in [3.63, 3.8) is 0 Å². The minimum atomic E-state index is 0.0615. The van der Waals surface area contributed by atoms with Gasteiger partial charge in [0.15, 0.2) is 5.65 Å². The molecule has 0 saturated heterocycles. The Morgan fingerprint density at radius 1 is 1.62 bits per heavy atom. The van der Waals surface area contributed by atoms with Crippen LogP contribution in [0.25, 0.3) is 11.2 Å². The number of rotatable bonds is 3. The molecule has 4 nitrogen and oxygen atoms in total. The molecular formula is C11H10ClN3O. The smallest absolute Gasteiger partial charge is 0.164 e. The normalized spacial score (nSPS) is 10.6. The number of halogens is 1. The summed E-state index contributed by atoms with van der Waals surface area (Å²) in [5, 5.41) is 4.50. The van der Waals surface area contributed by atoms with Crippen molar-refractivity contribution in [3.8, 4) is 0 Å². The number of Topliss-reactive ketones (excluding diaryl/α,β-unsaturated/α-hetero) is 1. The van der Waals surface area contributed by atoms with E-state index in [1.165, 1.54) is 6.92 Å². The summed E-state index contributed by atoms with van der Waals surface area (Å²) in [7, 11) is 0. The van der Waals surface area contributed by atoms with E-state index in [0.717, 1.165) is 5.56 Å². The van der Waals surface area contributed by atoms with Crippen LogP contribution in [0.2, 0.25) is 5.15 Å². The summed E-state index contributed by atoms with van der Waals surface area (Å²) < 4.78 is 1.60. The summed E-state index contributed by atoms with van der Waals surface area (Å²) in [5.74, 6) is 0.0615. The molecule has 2 aromatic heterocycles. The van der Waals surface area contributed by atoms with Gasteiger partial charge < -0.3 is 0 Å². The van der Waals surface area contributed by atoms with Crippen molar-refractivity contribution in [2.24, 2.45) is 0 Å². The molecule has 2 aromatic rings. The fraction of sp³-hybridized carbons (Fsp3) is 0.182. The minimum absolute atomic E-state index is 0.0615. The maximum Gasteiger partial charge on any atom is 0.164 e. The predicted octanol–water partition coefficient (Wildman–Crippen LogP) is 2.38. The van der Waals surface area contributed by atoms with Crippen molar-refractivity contribution in [3.05, 3.63) is 35.8 Å². The Bertz CT molecular complexity index is 574. The van der Waals surface area contributed by atoms with Crippen LogP contribution in [0, 0.1) is 0 Å². The molecule has 0 radical (unpaired) electrons. The Hall–Kier alpha value is -1.68. The number of carbonyl (C=O) groups is 1. The van der Waals surface area contributed by atoms with E-state index < -0.39 is 0 Å². The number of hydrogen-bond acceptors (Lipinski definition) is 3. The number of aromatic nitrogens is 3. The highest BCUT2D eigenvalue weighted by molar-refractivity contribution is 6.29. The maximum atomic E-state index is 11.0. The number of allylic oxidation sites excluding steroid dienone is 1. The van der Waals surface area contributed by atoms with E-state index in [4.69, 9.17) is 11.6 Å². The molecule has 82 valence electrons. The molecule has 0 atom stereocenters. The van der Waals surface area contributed by atoms with Crippen LogP contribution >= 0.6 is 11.6 Å². The molecule has 0 saturated carbocycles. The Kier molecular flexibility index (Phi) is 2.75. The number of ketones is 1. The van der Waals surface area contributed by atoms with Crippen LogP contribution in [-0.2, 0) is 4.79 Å². The molecule has 0 bridgehead atoms. The first-order valence-corrected chi connectivity index (χ1v) is 5.13. The number of fused-ring (bicyclic) bond motifs is 1. The van der Waals surface area contributed by atoms with Crippen molar-refractivity contribution < 1.29 is 4.79 Å². The zero-order valence-electron chi connectivity index (χ0n) is 8.77. The first-order valence-electron chi connectivity index (χ1n) is 4.75. The van der Waals surface area contributed by atoms with Crippen molar-refractivity contribution in [2.45, 2.75) is 13.3 Å². The first-order chi connectivity index (χ1) is 7.58. The van der Waals surface area contributed by atoms with E-state index in [1.807, 2.05) is 0 Å². The lowest BCUT2D eigenvalue weighted by molar-refractivity contribution is -0.116. The molecule has 0 aromatic carbocycles. The lowest BCUT2D eigenvalue weighted by Gasteiger charge is -2.00. The second kappa shape index (κ2) is 4.06. The fourth-order valence-corrected chi connectivity index (χ4v) is 1.63. The van der Waals surface area contributed by atoms with Crippen LogP contribution in [0.15, 0.2) is 25.0 Å². The zero-order valence-corrected chi connectivity index (χ0v) is 9.53. The second-order valence-corrected chi connectivity index (χ2v) is 3.95. The van der Waals surface area contributed by atoms with E-state index in [-0.39, 0.29) is 5.78 Å². The molecule has 0 N–H and O–H groups in total. The van der Waals surface area contributed by atoms with Crippen molar-refractivity contribution >= 4 is 28.6 Å². The molecule has 5 heteroatoms. The standard InChI is InChI=1S/C11H10ClN3O/c1-7(5-8(2)16)9-6-13-15-4-3-10(12)14-11(9)15/h3-4,6H,1,5H2,2H3. The van der Waals surface area contributed by atoms with Crippen LogP contribution in [0.4, 0.5) is 0 Å². The minimum Gasteiger partial charge on any atom is -0.300 e. The number of hydrogen-bond donors (Lipinski definition) is 0. The van der Waals surface area contributed by atoms with Crippen molar-refractivity contribution in [1.82, 2.24) is 14.6 Å². The average molecular weight is 236 g/mol. The number of nitrogens with zero attached hydrogens (tertiary/aromatic N) is 3. The Labute approximate surface area is 97.6 Å². The van der Waals surface area contributed by atoms with Gasteiger partial charge in [-0.25, -0.2) is 9.50 Å². The molecular weight excluding hydrogens is 226 g/mol. The van der Waals surface area contributed by atoms with Crippen LogP contribution in [0.3, 0.4) is 0 Å². The molecule has 0 unspecified atom stereocenters. The van der Waals surface area contributed by atoms with Crippen molar-refractivity contribution in [1.29, 1.82) is 0 Å². The molecule has 0 aliphatic rings. The van der Waals surface area contributed by atoms with Gasteiger partial charge in [0.1, 0.15) is 10.9 Å². The van der Waals surface area contributed by atoms with Gasteiger partial charge in [0.25, 0.3) is 0 Å². The molecule has 0 spiro atoms. The molecule has 0 aliphatic carbocycles. The van der Waals surface area contributed by atoms with E-state index >= 15 is 0 Å². The van der Waals surface area contributed by atoms with Gasteiger partial charge in [0, 0.05) is 18.2 Å². The topological polar surface area (TPSA) is 47.3 Å². The van der Waals surface area contributed by atoms with Gasteiger partial charge in [-0.15, -0.1) is 0 Å². The summed E-state index contributed by atoms with van der Waals surface area (Å²) in [6.07, 6.45) is 3.66. The summed E-state index contributed by atoms with van der Waals surface area (Å²) in [6.45, 7) is 5.38. The molecule has 0 aliphatic heterocycles. The van der Waals surface area contributed by atoms with Crippen molar-refractivity contribution in [2.75, 3.05) is 0 Å². The average Bonchev–Trinajstić information content (AvgIpc) is 2.59. The molecule has 2 rings (SSSR count). The van der Waals surface area contributed by atoms with Gasteiger partial charge in [-0.3, -0.25) is 4.79 Å².